The number of benzene rings is 1. The van der Waals surface area contributed by atoms with Gasteiger partial charge in [-0.15, -0.1) is 0 Å². The third-order valence-corrected chi connectivity index (χ3v) is 2.17. The minimum absolute atomic E-state index is 0.0591. The van der Waals surface area contributed by atoms with Gasteiger partial charge in [0.25, 0.3) is 0 Å². The monoisotopic (exact) mass is 229 g/mol. The van der Waals surface area contributed by atoms with Crippen molar-refractivity contribution >= 4 is 11.7 Å². The maximum absolute atomic E-state index is 10.3. The molecule has 0 bridgehead atoms. The van der Waals surface area contributed by atoms with E-state index in [1.54, 1.807) is 18.2 Å². The average molecular weight is 229 g/mol. The molecule has 2 N–H and O–H groups in total. The standard InChI is InChI=1S/C12H11N3O2/c13-7-9-3-1-4-10(8-14)12(9)15-6-2-5-11(16)17/h1,3-4,15H,2,5-6H2,(H,16,17). The summed E-state index contributed by atoms with van der Waals surface area (Å²) in [5.41, 5.74) is 1.25. The first-order valence-electron chi connectivity index (χ1n) is 5.08. The Bertz CT molecular complexity index is 465. The smallest absolute Gasteiger partial charge is 0.303 e. The van der Waals surface area contributed by atoms with E-state index in [9.17, 15) is 4.79 Å². The van der Waals surface area contributed by atoms with Gasteiger partial charge in [-0.2, -0.15) is 10.5 Å². The normalized spacial score (nSPS) is 9.06. The molecule has 0 saturated heterocycles. The predicted octanol–water partition coefficient (Wildman–Crippen LogP) is 1.71. The van der Waals surface area contributed by atoms with Crippen molar-refractivity contribution in [3.63, 3.8) is 0 Å². The molecular weight excluding hydrogens is 218 g/mol. The molecule has 0 spiro atoms. The zero-order valence-electron chi connectivity index (χ0n) is 9.10. The molecular formula is C12H11N3O2. The first-order chi connectivity index (χ1) is 8.19. The Morgan fingerprint density at radius 1 is 1.29 bits per heavy atom. The quantitative estimate of drug-likeness (QED) is 0.749. The molecule has 5 heteroatoms. The van der Waals surface area contributed by atoms with Crippen molar-refractivity contribution in [3.8, 4) is 12.1 Å². The number of nitriles is 2. The third-order valence-electron chi connectivity index (χ3n) is 2.17. The lowest BCUT2D eigenvalue weighted by Gasteiger charge is -2.08. The summed E-state index contributed by atoms with van der Waals surface area (Å²) < 4.78 is 0. The highest BCUT2D eigenvalue weighted by molar-refractivity contribution is 5.68. The zero-order valence-corrected chi connectivity index (χ0v) is 9.10. The number of carboxylic acids is 1. The Hall–Kier alpha value is -2.53. The fourth-order valence-electron chi connectivity index (χ4n) is 1.38. The fraction of sp³-hybridized carbons (Fsp3) is 0.250. The van der Waals surface area contributed by atoms with E-state index < -0.39 is 5.97 Å². The lowest BCUT2D eigenvalue weighted by Crippen LogP contribution is -2.07. The highest BCUT2D eigenvalue weighted by atomic mass is 16.4. The molecule has 0 unspecified atom stereocenters. The molecule has 17 heavy (non-hydrogen) atoms. The second-order valence-corrected chi connectivity index (χ2v) is 3.38. The van der Waals surface area contributed by atoms with Crippen molar-refractivity contribution in [1.82, 2.24) is 0 Å². The number of nitrogens with one attached hydrogen (secondary N) is 1. The minimum atomic E-state index is -0.860. The lowest BCUT2D eigenvalue weighted by molar-refractivity contribution is -0.137. The Kier molecular flexibility index (Phi) is 4.53. The van der Waals surface area contributed by atoms with Crippen LogP contribution in [0, 0.1) is 22.7 Å². The van der Waals surface area contributed by atoms with Crippen molar-refractivity contribution in [3.05, 3.63) is 29.3 Å². The number of anilines is 1. The van der Waals surface area contributed by atoms with Crippen LogP contribution in [0.4, 0.5) is 5.69 Å². The number of aliphatic carboxylic acids is 1. The molecule has 0 fully saturated rings. The van der Waals surface area contributed by atoms with Crippen molar-refractivity contribution in [2.45, 2.75) is 12.8 Å². The van der Waals surface area contributed by atoms with Crippen LogP contribution in [0.1, 0.15) is 24.0 Å². The maximum atomic E-state index is 10.3. The largest absolute Gasteiger partial charge is 0.481 e. The van der Waals surface area contributed by atoms with Crippen LogP contribution in [-0.4, -0.2) is 17.6 Å². The number of carboxylic acid groups (broad SMARTS) is 1. The van der Waals surface area contributed by atoms with E-state index in [4.69, 9.17) is 15.6 Å². The van der Waals surface area contributed by atoms with E-state index in [0.717, 1.165) is 0 Å². The van der Waals surface area contributed by atoms with Gasteiger partial charge in [-0.05, 0) is 18.6 Å². The summed E-state index contributed by atoms with van der Waals surface area (Å²) in [7, 11) is 0. The van der Waals surface area contributed by atoms with Gasteiger partial charge in [-0.3, -0.25) is 4.79 Å². The molecule has 0 atom stereocenters. The van der Waals surface area contributed by atoms with Crippen molar-refractivity contribution in [1.29, 1.82) is 10.5 Å². The van der Waals surface area contributed by atoms with Gasteiger partial charge in [-0.1, -0.05) is 6.07 Å². The molecule has 0 aliphatic rings. The van der Waals surface area contributed by atoms with Gasteiger partial charge in [0.05, 0.1) is 16.8 Å². The summed E-state index contributed by atoms with van der Waals surface area (Å²) in [6.07, 6.45) is 0.504. The molecule has 0 aliphatic carbocycles. The van der Waals surface area contributed by atoms with Crippen molar-refractivity contribution in [2.75, 3.05) is 11.9 Å². The number of hydrogen-bond acceptors (Lipinski definition) is 4. The Morgan fingerprint density at radius 2 is 1.88 bits per heavy atom. The van der Waals surface area contributed by atoms with E-state index in [1.165, 1.54) is 0 Å². The molecule has 0 radical (unpaired) electrons. The van der Waals surface area contributed by atoms with Gasteiger partial charge >= 0.3 is 5.97 Å². The third kappa shape index (κ3) is 3.51. The lowest BCUT2D eigenvalue weighted by atomic mass is 10.1. The molecule has 1 aromatic rings. The van der Waals surface area contributed by atoms with Crippen LogP contribution in [0.5, 0.6) is 0 Å². The predicted molar refractivity (Wildman–Crippen MR) is 61.2 cm³/mol. The first-order valence-corrected chi connectivity index (χ1v) is 5.08. The number of rotatable bonds is 5. The molecule has 0 heterocycles. The van der Waals surface area contributed by atoms with E-state index in [0.29, 0.717) is 29.8 Å². The second kappa shape index (κ2) is 6.14. The van der Waals surface area contributed by atoms with Crippen LogP contribution < -0.4 is 5.32 Å². The number of hydrogen-bond donors (Lipinski definition) is 2. The van der Waals surface area contributed by atoms with Gasteiger partial charge in [0.2, 0.25) is 0 Å². The first kappa shape index (κ1) is 12.5. The van der Waals surface area contributed by atoms with Crippen LogP contribution in [0.3, 0.4) is 0 Å². The molecule has 0 saturated carbocycles. The van der Waals surface area contributed by atoms with Crippen LogP contribution in [0.15, 0.2) is 18.2 Å². The topological polar surface area (TPSA) is 96.9 Å². The average Bonchev–Trinajstić information content (AvgIpc) is 2.34. The molecule has 0 aromatic heterocycles. The molecule has 1 aromatic carbocycles. The van der Waals surface area contributed by atoms with E-state index in [-0.39, 0.29) is 6.42 Å². The van der Waals surface area contributed by atoms with Gasteiger partial charge in [0.15, 0.2) is 0 Å². The highest BCUT2D eigenvalue weighted by Crippen LogP contribution is 2.19. The molecule has 0 amide bonds. The summed E-state index contributed by atoms with van der Waals surface area (Å²) in [4.78, 5) is 10.3. The van der Waals surface area contributed by atoms with Crippen molar-refractivity contribution in [2.24, 2.45) is 0 Å². The molecule has 1 rings (SSSR count). The number of carbonyl (C=O) groups is 1. The van der Waals surface area contributed by atoms with Gasteiger partial charge in [0, 0.05) is 13.0 Å². The highest BCUT2D eigenvalue weighted by Gasteiger charge is 2.07. The number of para-hydroxylation sites is 1. The van der Waals surface area contributed by atoms with Crippen LogP contribution >= 0.6 is 0 Å². The Balaban J connectivity index is 2.73. The number of nitrogens with zero attached hydrogens (tertiary/aromatic N) is 2. The van der Waals surface area contributed by atoms with Crippen LogP contribution in [0.25, 0.3) is 0 Å². The van der Waals surface area contributed by atoms with E-state index in [2.05, 4.69) is 5.32 Å². The Morgan fingerprint density at radius 3 is 2.35 bits per heavy atom. The fourth-order valence-corrected chi connectivity index (χ4v) is 1.38. The van der Waals surface area contributed by atoms with Crippen molar-refractivity contribution < 1.29 is 9.90 Å². The second-order valence-electron chi connectivity index (χ2n) is 3.38. The summed E-state index contributed by atoms with van der Waals surface area (Å²) in [6.45, 7) is 0.416. The van der Waals surface area contributed by atoms with Crippen LogP contribution in [-0.2, 0) is 4.79 Å². The van der Waals surface area contributed by atoms with Gasteiger partial charge in [0.1, 0.15) is 12.1 Å². The molecule has 86 valence electrons. The maximum Gasteiger partial charge on any atom is 0.303 e. The minimum Gasteiger partial charge on any atom is -0.481 e. The van der Waals surface area contributed by atoms with E-state index >= 15 is 0 Å². The summed E-state index contributed by atoms with van der Waals surface area (Å²) in [6, 6.07) is 8.84. The molecule has 0 aliphatic heterocycles. The van der Waals surface area contributed by atoms with Gasteiger partial charge < -0.3 is 10.4 Å². The van der Waals surface area contributed by atoms with Crippen LogP contribution in [0.2, 0.25) is 0 Å². The van der Waals surface area contributed by atoms with E-state index in [1.807, 2.05) is 12.1 Å². The summed E-state index contributed by atoms with van der Waals surface area (Å²) in [5, 5.41) is 29.2. The summed E-state index contributed by atoms with van der Waals surface area (Å²) in [5.74, 6) is -0.860. The molecule has 5 nitrogen and oxygen atoms in total. The zero-order chi connectivity index (χ0) is 12.7. The summed E-state index contributed by atoms with van der Waals surface area (Å²) >= 11 is 0. The van der Waals surface area contributed by atoms with Gasteiger partial charge in [-0.25, -0.2) is 0 Å². The SMILES string of the molecule is N#Cc1cccc(C#N)c1NCCCC(=O)O. The Labute approximate surface area is 98.9 Å².